The number of nitrogens with zero attached hydrogens (tertiary/aromatic N) is 1. The van der Waals surface area contributed by atoms with Crippen molar-refractivity contribution in [3.63, 3.8) is 0 Å². The number of aromatic hydroxyl groups is 1. The monoisotopic (exact) mass is 1580 g/mol. The summed E-state index contributed by atoms with van der Waals surface area (Å²) < 4.78 is 88.3. The lowest BCUT2D eigenvalue weighted by atomic mass is 9.95. The molecule has 21 saturated heterocycles. The van der Waals surface area contributed by atoms with Crippen molar-refractivity contribution in [3.8, 4) is 16.9 Å². The maximum Gasteiger partial charge on any atom is 0.410 e. The predicted molar refractivity (Wildman–Crippen MR) is 349 cm³/mol. The molecule has 1 aliphatic carbocycles. The third-order valence-corrected chi connectivity index (χ3v) is 20.9. The molecular weight excluding hydrogens is 1480 g/mol. The molecule has 36 atom stereocenters. The lowest BCUT2D eigenvalue weighted by Gasteiger charge is -2.50. The molecule has 25 rings (SSSR count). The largest absolute Gasteiger partial charge is 0.508 e. The lowest BCUT2D eigenvalue weighted by Crippen LogP contribution is -2.68. The third kappa shape index (κ3) is 17.2. The molecule has 0 aromatic heterocycles. The number of aliphatic carboxylic acids is 1. The summed E-state index contributed by atoms with van der Waals surface area (Å²) in [6, 6.07) is 17.9. The first-order valence-corrected chi connectivity index (χ1v) is 35.4. The number of amides is 2. The number of hydrogen-bond acceptors (Lipinski definition) is 39. The number of rotatable bonds is 16. The van der Waals surface area contributed by atoms with Crippen LogP contribution in [0.4, 0.5) is 4.79 Å². The number of aliphatic hydroxyl groups excluding tert-OH is 20. The number of phenols is 1. The molecule has 42 heteroatoms. The van der Waals surface area contributed by atoms with E-state index in [1.165, 1.54) is 24.3 Å². The number of carboxylic acid groups (broad SMARTS) is 1. The van der Waals surface area contributed by atoms with Crippen LogP contribution >= 0.6 is 0 Å². The summed E-state index contributed by atoms with van der Waals surface area (Å²) in [5, 5.41) is 251. The molecule has 0 unspecified atom stereocenters. The standard InChI is InChI=1S/C68H92N2O40/c71-16-32-54-41(81)48(88)63(99-32)107-56-34(18-73)101-65(50(90)43(56)83)109-58-36(20-75)103-67(52(92)45(58)85)110-59-37(21-76)102-66(51(91)44(59)84)108-57-35(19-74)100-64(49(89)42(57)82)106-55-33(17-72)98-62(47(87)40(55)80)104-53-31(97-61(105-54)46(86)39(53)79)14-70(15-38(78)69-30(60(93)94)13-23-9-11-24(77)12-10-23)68(95)96-22-29-27-7-3-1-5-25(27)26-6-2-4-8-28(26)29/h1-12,29-37,39-59,61-67,71-77,79-92H,13-22H2,(H,69,78)(H,93,94)/t30-,31+,32+,33+,34+,35+,36+,37+,39+,40+,41+,42+,43+,44+,45+,46+,47+,48+,49+,50+,51+,52+,53+,54+,55+,56+,57+,58+,59+,61+,62+,63+,64+,65+,66+,67+/m0/s1. The molecule has 614 valence electrons. The number of carbonyl (C=O) groups excluding carboxylic acids is 2. The van der Waals surface area contributed by atoms with Crippen LogP contribution in [0.25, 0.3) is 11.1 Å². The van der Waals surface area contributed by atoms with Crippen molar-refractivity contribution in [1.29, 1.82) is 0 Å². The molecule has 0 radical (unpaired) electrons. The van der Waals surface area contributed by atoms with E-state index in [0.717, 1.165) is 22.3 Å². The van der Waals surface area contributed by atoms with Crippen molar-refractivity contribution >= 4 is 18.0 Å². The molecule has 3 aromatic carbocycles. The Hall–Kier alpha value is -5.69. The van der Waals surface area contributed by atoms with Crippen molar-refractivity contribution in [2.75, 3.05) is 59.3 Å². The Morgan fingerprint density at radius 3 is 0.927 bits per heavy atom. The number of aliphatic hydroxyl groups is 20. The first kappa shape index (κ1) is 83.7. The minimum Gasteiger partial charge on any atom is -0.508 e. The molecule has 23 N–H and O–H groups in total. The minimum atomic E-state index is -2.48. The van der Waals surface area contributed by atoms with Gasteiger partial charge < -0.3 is 189 Å². The van der Waals surface area contributed by atoms with Crippen LogP contribution < -0.4 is 5.32 Å². The zero-order valence-electron chi connectivity index (χ0n) is 58.0. The van der Waals surface area contributed by atoms with Gasteiger partial charge in [0.05, 0.1) is 46.2 Å². The molecule has 0 spiro atoms. The van der Waals surface area contributed by atoms with Crippen molar-refractivity contribution in [2.24, 2.45) is 0 Å². The van der Waals surface area contributed by atoms with Crippen molar-refractivity contribution in [1.82, 2.24) is 10.2 Å². The highest BCUT2D eigenvalue weighted by Crippen LogP contribution is 2.46. The number of benzene rings is 3. The molecule has 2 amide bonds. The van der Waals surface area contributed by atoms with E-state index in [-0.39, 0.29) is 12.2 Å². The molecule has 21 heterocycles. The summed E-state index contributed by atoms with van der Waals surface area (Å²) in [6.07, 6.45) is -77.4. The van der Waals surface area contributed by atoms with Crippen LogP contribution in [0.15, 0.2) is 72.8 Å². The van der Waals surface area contributed by atoms with Crippen LogP contribution in [0.1, 0.15) is 22.6 Å². The van der Waals surface area contributed by atoms with Gasteiger partial charge in [-0.1, -0.05) is 60.7 Å². The van der Waals surface area contributed by atoms with Gasteiger partial charge in [0.15, 0.2) is 44.0 Å². The van der Waals surface area contributed by atoms with Crippen LogP contribution in [-0.2, 0) is 87.1 Å². The Kier molecular flexibility index (Phi) is 27.4. The fourth-order valence-electron chi connectivity index (χ4n) is 15.0. The van der Waals surface area contributed by atoms with Crippen molar-refractivity contribution in [2.45, 2.75) is 233 Å². The summed E-state index contributed by atoms with van der Waals surface area (Å²) in [6.45, 7) is -9.48. The molecular formula is C68H92N2O40. The van der Waals surface area contributed by atoms with Gasteiger partial charge in [0, 0.05) is 12.3 Å². The first-order valence-electron chi connectivity index (χ1n) is 35.4. The molecule has 14 bridgehead atoms. The van der Waals surface area contributed by atoms with E-state index in [9.17, 15) is 127 Å². The van der Waals surface area contributed by atoms with Gasteiger partial charge in [0.1, 0.15) is 196 Å². The number of ether oxygens (including phenoxy) is 15. The van der Waals surface area contributed by atoms with Crippen LogP contribution in [0, 0.1) is 0 Å². The van der Waals surface area contributed by atoms with E-state index in [1.54, 1.807) is 36.4 Å². The first-order chi connectivity index (χ1) is 52.6. The number of fused-ring (bicyclic) bond motifs is 3. The van der Waals surface area contributed by atoms with Crippen LogP contribution in [-0.4, -0.2) is 416 Å². The molecule has 42 nitrogen and oxygen atoms in total. The number of nitrogens with one attached hydrogen (secondary N) is 1. The van der Waals surface area contributed by atoms with Crippen LogP contribution in [0.5, 0.6) is 5.75 Å². The molecule has 110 heavy (non-hydrogen) atoms. The average molecular weight is 1580 g/mol. The Morgan fingerprint density at radius 2 is 0.645 bits per heavy atom. The van der Waals surface area contributed by atoms with Gasteiger partial charge in [0.25, 0.3) is 0 Å². The van der Waals surface area contributed by atoms with Gasteiger partial charge in [-0.25, -0.2) is 9.59 Å². The van der Waals surface area contributed by atoms with Gasteiger partial charge in [-0.05, 0) is 39.9 Å². The van der Waals surface area contributed by atoms with Crippen molar-refractivity contribution < 1.29 is 198 Å². The van der Waals surface area contributed by atoms with Gasteiger partial charge in [-0.15, -0.1) is 0 Å². The number of carboxylic acids is 1. The smallest absolute Gasteiger partial charge is 0.410 e. The number of hydrogen-bond donors (Lipinski definition) is 23. The highest BCUT2D eigenvalue weighted by Gasteiger charge is 2.60. The van der Waals surface area contributed by atoms with Crippen molar-refractivity contribution in [3.05, 3.63) is 89.5 Å². The van der Waals surface area contributed by atoms with E-state index in [1.807, 2.05) is 12.1 Å². The Balaban J connectivity index is 0.874. The summed E-state index contributed by atoms with van der Waals surface area (Å²) >= 11 is 0. The Morgan fingerprint density at radius 1 is 0.373 bits per heavy atom. The average Bonchev–Trinajstić information content (AvgIpc) is 1.60. The fraction of sp³-hybridized carbons (Fsp3) is 0.691. The Bertz CT molecular complexity index is 3460. The fourth-order valence-corrected chi connectivity index (χ4v) is 15.0. The van der Waals surface area contributed by atoms with Gasteiger partial charge in [-0.2, -0.15) is 0 Å². The van der Waals surface area contributed by atoms with Crippen LogP contribution in [0.2, 0.25) is 0 Å². The van der Waals surface area contributed by atoms with Gasteiger partial charge >= 0.3 is 12.1 Å². The second kappa shape index (κ2) is 36.0. The van der Waals surface area contributed by atoms with E-state index >= 15 is 0 Å². The molecule has 21 fully saturated rings. The number of carbonyl (C=O) groups is 3. The summed E-state index contributed by atoms with van der Waals surface area (Å²) in [5.74, 6) is -3.55. The Labute approximate surface area is 623 Å². The third-order valence-electron chi connectivity index (χ3n) is 20.9. The minimum absolute atomic E-state index is 0.163. The summed E-state index contributed by atoms with van der Waals surface area (Å²) in [4.78, 5) is 42.8. The molecule has 3 aromatic rings. The zero-order chi connectivity index (χ0) is 79.0. The van der Waals surface area contributed by atoms with Crippen LogP contribution in [0.3, 0.4) is 0 Å². The maximum atomic E-state index is 15.0. The topological polar surface area (TPSA) is 650 Å². The summed E-state index contributed by atoms with van der Waals surface area (Å²) in [5.41, 5.74) is 3.36. The quantitative estimate of drug-likeness (QED) is 0.0633. The molecule has 21 aliphatic heterocycles. The highest BCUT2D eigenvalue weighted by molar-refractivity contribution is 5.87. The SMILES string of the molecule is O=C(CN(C[C@H]1O[C@@H]2O[C@H]3[C@H](O)[C@@H](O)[C@@H](O[C@H]4[C@H](O)[C@@H](O)[C@@H](O[C@H]5[C@H](O)[C@@H](O)[C@@H](O[C@H]6[C@H](O)[C@@H](O)[C@@H](O[C@H]7[C@H](O)[C@@H](O)[C@@H](O[C@H]8[C@H](O)[C@@H](O)[C@@H](O[C@H]1[C@H](O)[C@H]2O)O[C@@H]8CO)O[C@@H]7CO)O[C@@H]6CO)O[C@@H]5CO)O[C@@H]4CO)O[C@@H]3CO)C(=O)OCC1c2ccccc2-c2ccccc21)N[C@@H](Cc1ccc(O)cc1)C(=O)O. The zero-order valence-corrected chi connectivity index (χ0v) is 58.0. The van der Waals surface area contributed by atoms with Gasteiger partial charge in [-0.3, -0.25) is 9.69 Å². The lowest BCUT2D eigenvalue weighted by molar-refractivity contribution is -0.396. The molecule has 22 aliphatic rings. The number of phenolic OH excluding ortho intramolecular Hbond substituents is 1. The summed E-state index contributed by atoms with van der Waals surface area (Å²) in [7, 11) is 0. The highest BCUT2D eigenvalue weighted by atomic mass is 16.8. The van der Waals surface area contributed by atoms with E-state index < -0.39 is 304 Å². The van der Waals surface area contributed by atoms with E-state index in [0.29, 0.717) is 10.5 Å². The predicted octanol–water partition coefficient (Wildman–Crippen LogP) is -11.5. The normalized spacial score (nSPS) is 42.8. The second-order valence-corrected chi connectivity index (χ2v) is 28.0. The second-order valence-electron chi connectivity index (χ2n) is 28.0. The molecule has 0 saturated carbocycles. The van der Waals surface area contributed by atoms with E-state index in [4.69, 9.17) is 71.1 Å². The van der Waals surface area contributed by atoms with E-state index in [2.05, 4.69) is 5.32 Å². The maximum absolute atomic E-state index is 15.0. The van der Waals surface area contributed by atoms with Gasteiger partial charge in [0.2, 0.25) is 5.91 Å².